The van der Waals surface area contributed by atoms with Gasteiger partial charge in [0.25, 0.3) is 0 Å². The Kier molecular flexibility index (Phi) is 5.64. The van der Waals surface area contributed by atoms with Gasteiger partial charge >= 0.3 is 5.97 Å². The third-order valence-corrected chi connectivity index (χ3v) is 2.48. The van der Waals surface area contributed by atoms with Crippen LogP contribution in [0.15, 0.2) is 42.0 Å². The third kappa shape index (κ3) is 4.41. The number of ether oxygens (including phenoxy) is 1. The first-order valence-electron chi connectivity index (χ1n) is 5.71. The number of hydrogen-bond acceptors (Lipinski definition) is 3. The number of esters is 1. The molecule has 18 heavy (non-hydrogen) atoms. The van der Waals surface area contributed by atoms with Crippen LogP contribution in [0, 0.1) is 0 Å². The van der Waals surface area contributed by atoms with Gasteiger partial charge in [-0.15, -0.1) is 0 Å². The molecule has 0 aliphatic heterocycles. The summed E-state index contributed by atoms with van der Waals surface area (Å²) in [5.74, 6) is -0.662. The molecular formula is C14H17NO3. The normalized spacial score (nSPS) is 10.9. The van der Waals surface area contributed by atoms with Crippen LogP contribution in [-0.2, 0) is 20.9 Å². The van der Waals surface area contributed by atoms with E-state index in [4.69, 9.17) is 0 Å². The Morgan fingerprint density at radius 1 is 1.28 bits per heavy atom. The van der Waals surface area contributed by atoms with Crippen molar-refractivity contribution in [2.45, 2.75) is 19.9 Å². The Balaban J connectivity index is 2.45. The van der Waals surface area contributed by atoms with Crippen molar-refractivity contribution in [3.8, 4) is 0 Å². The van der Waals surface area contributed by atoms with E-state index in [-0.39, 0.29) is 12.3 Å². The van der Waals surface area contributed by atoms with Gasteiger partial charge in [0, 0.05) is 12.1 Å². The molecule has 1 rings (SSSR count). The molecule has 4 nitrogen and oxygen atoms in total. The van der Waals surface area contributed by atoms with Crippen LogP contribution < -0.4 is 5.32 Å². The summed E-state index contributed by atoms with van der Waals surface area (Å²) in [6, 6.07) is 9.59. The number of rotatable bonds is 5. The highest BCUT2D eigenvalue weighted by Gasteiger charge is 2.12. The average molecular weight is 247 g/mol. The van der Waals surface area contributed by atoms with E-state index in [0.717, 1.165) is 5.56 Å². The summed E-state index contributed by atoms with van der Waals surface area (Å²) in [4.78, 5) is 22.9. The second-order valence-corrected chi connectivity index (χ2v) is 3.74. The standard InChI is InChI=1S/C14H17NO3/c1-3-12(14(17)18-2)9-13(16)15-10-11-7-5-4-6-8-11/h3-8H,9-10H2,1-2H3,(H,15,16)/b12-3+. The van der Waals surface area contributed by atoms with E-state index >= 15 is 0 Å². The van der Waals surface area contributed by atoms with Crippen molar-refractivity contribution in [1.29, 1.82) is 0 Å². The molecule has 0 atom stereocenters. The highest BCUT2D eigenvalue weighted by molar-refractivity contribution is 5.95. The molecule has 96 valence electrons. The zero-order chi connectivity index (χ0) is 13.4. The van der Waals surface area contributed by atoms with Crippen molar-refractivity contribution in [1.82, 2.24) is 5.32 Å². The number of hydrogen-bond donors (Lipinski definition) is 1. The zero-order valence-corrected chi connectivity index (χ0v) is 10.6. The predicted octanol–water partition coefficient (Wildman–Crippen LogP) is 1.81. The summed E-state index contributed by atoms with van der Waals surface area (Å²) < 4.78 is 4.58. The first-order chi connectivity index (χ1) is 8.67. The predicted molar refractivity (Wildman–Crippen MR) is 68.7 cm³/mol. The molecule has 1 aromatic carbocycles. The van der Waals surface area contributed by atoms with Crippen LogP contribution >= 0.6 is 0 Å². The van der Waals surface area contributed by atoms with E-state index in [1.165, 1.54) is 7.11 Å². The first kappa shape index (κ1) is 14.0. The third-order valence-electron chi connectivity index (χ3n) is 2.48. The van der Waals surface area contributed by atoms with Gasteiger partial charge in [-0.05, 0) is 12.5 Å². The molecule has 0 aromatic heterocycles. The summed E-state index contributed by atoms with van der Waals surface area (Å²) in [5.41, 5.74) is 1.38. The number of carbonyl (C=O) groups excluding carboxylic acids is 2. The van der Waals surface area contributed by atoms with Gasteiger partial charge in [-0.1, -0.05) is 36.4 Å². The van der Waals surface area contributed by atoms with E-state index in [9.17, 15) is 9.59 Å². The SMILES string of the molecule is C/C=C(\CC(=O)NCc1ccccc1)C(=O)OC. The minimum absolute atomic E-state index is 0.0377. The maximum Gasteiger partial charge on any atom is 0.333 e. The molecule has 0 radical (unpaired) electrons. The molecule has 0 unspecified atom stereocenters. The Hall–Kier alpha value is -2.10. The van der Waals surface area contributed by atoms with E-state index < -0.39 is 5.97 Å². The summed E-state index contributed by atoms with van der Waals surface area (Å²) in [6.07, 6.45) is 1.63. The van der Waals surface area contributed by atoms with Crippen LogP contribution in [0.1, 0.15) is 18.9 Å². The molecule has 0 spiro atoms. The smallest absolute Gasteiger partial charge is 0.333 e. The van der Waals surface area contributed by atoms with Crippen molar-refractivity contribution in [2.75, 3.05) is 7.11 Å². The van der Waals surface area contributed by atoms with Gasteiger partial charge in [-0.25, -0.2) is 4.79 Å². The van der Waals surface area contributed by atoms with Gasteiger partial charge in [0.2, 0.25) is 5.91 Å². The van der Waals surface area contributed by atoms with Gasteiger partial charge in [-0.3, -0.25) is 4.79 Å². The molecule has 0 fully saturated rings. The van der Waals surface area contributed by atoms with Crippen LogP contribution in [0.3, 0.4) is 0 Å². The summed E-state index contributed by atoms with van der Waals surface area (Å²) in [6.45, 7) is 2.16. The maximum absolute atomic E-state index is 11.6. The van der Waals surface area contributed by atoms with Crippen molar-refractivity contribution in [3.63, 3.8) is 0 Å². The second-order valence-electron chi connectivity index (χ2n) is 3.74. The van der Waals surface area contributed by atoms with Crippen LogP contribution in [-0.4, -0.2) is 19.0 Å². The number of nitrogens with one attached hydrogen (secondary N) is 1. The van der Waals surface area contributed by atoms with Crippen LogP contribution in [0.2, 0.25) is 0 Å². The molecule has 1 aromatic rings. The largest absolute Gasteiger partial charge is 0.466 e. The second kappa shape index (κ2) is 7.27. The van der Waals surface area contributed by atoms with Gasteiger partial charge in [-0.2, -0.15) is 0 Å². The number of allylic oxidation sites excluding steroid dienone is 1. The molecule has 0 aliphatic carbocycles. The van der Waals surface area contributed by atoms with Crippen LogP contribution in [0.25, 0.3) is 0 Å². The number of benzene rings is 1. The lowest BCUT2D eigenvalue weighted by atomic mass is 10.1. The van der Waals surface area contributed by atoms with Gasteiger partial charge in [0.05, 0.1) is 13.5 Å². The van der Waals surface area contributed by atoms with Crippen molar-refractivity contribution >= 4 is 11.9 Å². The number of carbonyl (C=O) groups is 2. The molecule has 0 bridgehead atoms. The molecule has 0 aliphatic rings. The minimum atomic E-state index is -0.465. The van der Waals surface area contributed by atoms with Crippen molar-refractivity contribution in [3.05, 3.63) is 47.5 Å². The lowest BCUT2D eigenvalue weighted by Crippen LogP contribution is -2.24. The monoisotopic (exact) mass is 247 g/mol. The molecular weight excluding hydrogens is 230 g/mol. The maximum atomic E-state index is 11.6. The molecule has 0 saturated heterocycles. The lowest BCUT2D eigenvalue weighted by Gasteiger charge is -2.07. The molecule has 4 heteroatoms. The average Bonchev–Trinajstić information content (AvgIpc) is 2.42. The molecule has 1 N–H and O–H groups in total. The Morgan fingerprint density at radius 2 is 1.94 bits per heavy atom. The summed E-state index contributed by atoms with van der Waals surface area (Å²) in [5, 5.41) is 2.76. The fourth-order valence-electron chi connectivity index (χ4n) is 1.46. The van der Waals surface area contributed by atoms with E-state index in [1.54, 1.807) is 13.0 Å². The fraction of sp³-hybridized carbons (Fsp3) is 0.286. The van der Waals surface area contributed by atoms with Gasteiger partial charge in [0.1, 0.15) is 0 Å². The van der Waals surface area contributed by atoms with Crippen LogP contribution in [0.5, 0.6) is 0 Å². The van der Waals surface area contributed by atoms with E-state index in [1.807, 2.05) is 30.3 Å². The first-order valence-corrected chi connectivity index (χ1v) is 5.71. The fourth-order valence-corrected chi connectivity index (χ4v) is 1.46. The van der Waals surface area contributed by atoms with E-state index in [2.05, 4.69) is 10.1 Å². The Morgan fingerprint density at radius 3 is 2.50 bits per heavy atom. The van der Waals surface area contributed by atoms with Crippen molar-refractivity contribution in [2.24, 2.45) is 0 Å². The molecule has 0 heterocycles. The summed E-state index contributed by atoms with van der Waals surface area (Å²) in [7, 11) is 1.30. The Bertz CT molecular complexity index is 438. The Labute approximate surface area is 107 Å². The quantitative estimate of drug-likeness (QED) is 0.637. The highest BCUT2D eigenvalue weighted by atomic mass is 16.5. The lowest BCUT2D eigenvalue weighted by molar-refractivity contribution is -0.137. The van der Waals surface area contributed by atoms with Gasteiger partial charge < -0.3 is 10.1 Å². The summed E-state index contributed by atoms with van der Waals surface area (Å²) >= 11 is 0. The van der Waals surface area contributed by atoms with Crippen LogP contribution in [0.4, 0.5) is 0 Å². The van der Waals surface area contributed by atoms with Crippen molar-refractivity contribution < 1.29 is 14.3 Å². The topological polar surface area (TPSA) is 55.4 Å². The zero-order valence-electron chi connectivity index (χ0n) is 10.6. The van der Waals surface area contributed by atoms with Gasteiger partial charge in [0.15, 0.2) is 0 Å². The van der Waals surface area contributed by atoms with E-state index in [0.29, 0.717) is 12.1 Å². The molecule has 1 amide bonds. The highest BCUT2D eigenvalue weighted by Crippen LogP contribution is 2.04. The molecule has 0 saturated carbocycles. The number of amides is 1. The number of methoxy groups -OCH3 is 1. The minimum Gasteiger partial charge on any atom is -0.466 e.